The largest absolute Gasteiger partial charge is 0.467 e. The van der Waals surface area contributed by atoms with E-state index in [4.69, 9.17) is 4.74 Å². The maximum Gasteiger partial charge on any atom is 0.208 e. The quantitative estimate of drug-likeness (QED) is 0.705. The van der Waals surface area contributed by atoms with Crippen molar-refractivity contribution in [2.75, 3.05) is 0 Å². The lowest BCUT2D eigenvalue weighted by atomic mass is 10.1. The normalized spacial score (nSPS) is 12.5. The van der Waals surface area contributed by atoms with Crippen LogP contribution in [0.3, 0.4) is 0 Å². The predicted octanol–water partition coefficient (Wildman–Crippen LogP) is 2.42. The van der Waals surface area contributed by atoms with Gasteiger partial charge in [0.1, 0.15) is 5.75 Å². The molecular weight excluding hydrogens is 228 g/mol. The lowest BCUT2D eigenvalue weighted by molar-refractivity contribution is 0.120. The summed E-state index contributed by atoms with van der Waals surface area (Å²) in [5.74, 6) is 0.790. The van der Waals surface area contributed by atoms with E-state index in [1.165, 1.54) is 16.5 Å². The first-order valence-electron chi connectivity index (χ1n) is 5.71. The standard InChI is InChI=1S/C13H12N4O/c1-10(17-15-9-14-16-17)18-13-7-6-11-4-2-3-5-12(11)8-13/h2-10H,1H3. The number of hydrogen-bond acceptors (Lipinski definition) is 4. The van der Waals surface area contributed by atoms with Crippen molar-refractivity contribution in [2.45, 2.75) is 13.2 Å². The third kappa shape index (κ3) is 2.02. The molecule has 1 aromatic heterocycles. The van der Waals surface area contributed by atoms with E-state index >= 15 is 0 Å². The number of aromatic nitrogens is 4. The van der Waals surface area contributed by atoms with Gasteiger partial charge < -0.3 is 4.74 Å². The molecule has 0 aliphatic rings. The Morgan fingerprint density at radius 1 is 1.11 bits per heavy atom. The maximum absolute atomic E-state index is 5.76. The lowest BCUT2D eigenvalue weighted by Crippen LogP contribution is -2.15. The highest BCUT2D eigenvalue weighted by Gasteiger charge is 2.08. The van der Waals surface area contributed by atoms with Crippen molar-refractivity contribution in [3.8, 4) is 5.75 Å². The highest BCUT2D eigenvalue weighted by Crippen LogP contribution is 2.22. The fourth-order valence-corrected chi connectivity index (χ4v) is 1.83. The summed E-state index contributed by atoms with van der Waals surface area (Å²) in [4.78, 5) is 1.43. The molecule has 90 valence electrons. The Bertz CT molecular complexity index is 651. The summed E-state index contributed by atoms with van der Waals surface area (Å²) >= 11 is 0. The van der Waals surface area contributed by atoms with E-state index in [1.54, 1.807) is 0 Å². The van der Waals surface area contributed by atoms with Crippen LogP contribution in [0.25, 0.3) is 10.8 Å². The van der Waals surface area contributed by atoms with Crippen LogP contribution in [0.2, 0.25) is 0 Å². The summed E-state index contributed by atoms with van der Waals surface area (Å²) in [5.41, 5.74) is 0. The summed E-state index contributed by atoms with van der Waals surface area (Å²) in [6, 6.07) is 14.1. The van der Waals surface area contributed by atoms with Gasteiger partial charge in [-0.05, 0) is 35.0 Å². The zero-order valence-corrected chi connectivity index (χ0v) is 9.89. The van der Waals surface area contributed by atoms with Gasteiger partial charge in [0.15, 0.2) is 6.33 Å². The highest BCUT2D eigenvalue weighted by molar-refractivity contribution is 5.83. The maximum atomic E-state index is 5.76. The van der Waals surface area contributed by atoms with Crippen LogP contribution in [0.1, 0.15) is 13.2 Å². The predicted molar refractivity (Wildman–Crippen MR) is 67.1 cm³/mol. The first-order chi connectivity index (χ1) is 8.83. The average Bonchev–Trinajstić information content (AvgIpc) is 2.92. The van der Waals surface area contributed by atoms with Gasteiger partial charge in [0.25, 0.3) is 0 Å². The van der Waals surface area contributed by atoms with Crippen LogP contribution in [0, 0.1) is 0 Å². The van der Waals surface area contributed by atoms with Crippen molar-refractivity contribution in [2.24, 2.45) is 0 Å². The summed E-state index contributed by atoms with van der Waals surface area (Å²) in [5, 5.41) is 13.7. The molecule has 0 bridgehead atoms. The minimum Gasteiger partial charge on any atom is -0.467 e. The van der Waals surface area contributed by atoms with Gasteiger partial charge in [-0.1, -0.05) is 30.3 Å². The molecule has 18 heavy (non-hydrogen) atoms. The number of ether oxygens (including phenoxy) is 1. The summed E-state index contributed by atoms with van der Waals surface area (Å²) in [6.45, 7) is 1.87. The zero-order chi connectivity index (χ0) is 12.4. The van der Waals surface area contributed by atoms with Crippen molar-refractivity contribution >= 4 is 10.8 Å². The Labute approximate surface area is 104 Å². The van der Waals surface area contributed by atoms with E-state index in [9.17, 15) is 0 Å². The topological polar surface area (TPSA) is 52.8 Å². The summed E-state index contributed by atoms with van der Waals surface area (Å²) in [7, 11) is 0. The van der Waals surface area contributed by atoms with Crippen LogP contribution in [0.4, 0.5) is 0 Å². The van der Waals surface area contributed by atoms with Crippen molar-refractivity contribution in [1.29, 1.82) is 0 Å². The van der Waals surface area contributed by atoms with Crippen LogP contribution >= 0.6 is 0 Å². The molecule has 5 nitrogen and oxygen atoms in total. The molecule has 2 aromatic carbocycles. The smallest absolute Gasteiger partial charge is 0.208 e. The van der Waals surface area contributed by atoms with Gasteiger partial charge >= 0.3 is 0 Å². The molecule has 1 heterocycles. The number of benzene rings is 2. The lowest BCUT2D eigenvalue weighted by Gasteiger charge is -2.13. The molecule has 0 aliphatic heterocycles. The van der Waals surface area contributed by atoms with Gasteiger partial charge in [-0.15, -0.1) is 15.0 Å². The Morgan fingerprint density at radius 2 is 1.94 bits per heavy atom. The Hall–Kier alpha value is -2.43. The third-order valence-corrected chi connectivity index (χ3v) is 2.72. The van der Waals surface area contributed by atoms with Gasteiger partial charge in [-0.2, -0.15) is 0 Å². The van der Waals surface area contributed by atoms with E-state index in [1.807, 2.05) is 37.3 Å². The highest BCUT2D eigenvalue weighted by atomic mass is 16.5. The van der Waals surface area contributed by atoms with Crippen molar-refractivity contribution in [3.63, 3.8) is 0 Å². The average molecular weight is 240 g/mol. The van der Waals surface area contributed by atoms with Crippen LogP contribution < -0.4 is 4.74 Å². The molecule has 0 saturated carbocycles. The molecule has 0 aliphatic carbocycles. The Kier molecular flexibility index (Phi) is 2.64. The van der Waals surface area contributed by atoms with Crippen LogP contribution in [0.5, 0.6) is 5.75 Å². The van der Waals surface area contributed by atoms with Gasteiger partial charge in [0.05, 0.1) is 0 Å². The van der Waals surface area contributed by atoms with Gasteiger partial charge in [0, 0.05) is 0 Å². The van der Waals surface area contributed by atoms with Gasteiger partial charge in [-0.25, -0.2) is 0 Å². The first-order valence-corrected chi connectivity index (χ1v) is 5.71. The number of fused-ring (bicyclic) bond motifs is 1. The SMILES string of the molecule is CC(Oc1ccc2ccccc2c1)n1ncnn1. The zero-order valence-electron chi connectivity index (χ0n) is 9.89. The number of hydrogen-bond donors (Lipinski definition) is 0. The minimum atomic E-state index is -0.284. The minimum absolute atomic E-state index is 0.284. The van der Waals surface area contributed by atoms with E-state index in [0.717, 1.165) is 11.1 Å². The van der Waals surface area contributed by atoms with Crippen LogP contribution in [-0.4, -0.2) is 20.2 Å². The van der Waals surface area contributed by atoms with Crippen molar-refractivity contribution in [3.05, 3.63) is 48.8 Å². The van der Waals surface area contributed by atoms with Gasteiger partial charge in [0.2, 0.25) is 6.23 Å². The van der Waals surface area contributed by atoms with Gasteiger partial charge in [-0.3, -0.25) is 0 Å². The fourth-order valence-electron chi connectivity index (χ4n) is 1.83. The van der Waals surface area contributed by atoms with E-state index in [0.29, 0.717) is 0 Å². The molecule has 0 radical (unpaired) electrons. The van der Waals surface area contributed by atoms with Crippen molar-refractivity contribution in [1.82, 2.24) is 20.2 Å². The molecule has 5 heteroatoms. The van der Waals surface area contributed by atoms with Crippen LogP contribution in [-0.2, 0) is 0 Å². The second kappa shape index (κ2) is 4.44. The van der Waals surface area contributed by atoms with Crippen molar-refractivity contribution < 1.29 is 4.74 Å². The molecule has 0 saturated heterocycles. The van der Waals surface area contributed by atoms with E-state index in [-0.39, 0.29) is 6.23 Å². The molecule has 1 unspecified atom stereocenters. The number of rotatable bonds is 3. The second-order valence-corrected chi connectivity index (χ2v) is 3.98. The molecule has 3 aromatic rings. The fraction of sp³-hybridized carbons (Fsp3) is 0.154. The molecule has 0 spiro atoms. The monoisotopic (exact) mass is 240 g/mol. The summed E-state index contributed by atoms with van der Waals surface area (Å²) < 4.78 is 5.76. The second-order valence-electron chi connectivity index (χ2n) is 3.98. The molecule has 1 atom stereocenters. The molecule has 3 rings (SSSR count). The molecule has 0 fully saturated rings. The Morgan fingerprint density at radius 3 is 2.72 bits per heavy atom. The summed E-state index contributed by atoms with van der Waals surface area (Å²) in [6.07, 6.45) is 1.11. The Balaban J connectivity index is 1.86. The number of nitrogens with zero attached hydrogens (tertiary/aromatic N) is 4. The molecule has 0 N–H and O–H groups in total. The molecule has 0 amide bonds. The number of tetrazole rings is 1. The molecular formula is C13H12N4O. The first kappa shape index (κ1) is 10.7. The van der Waals surface area contributed by atoms with Crippen LogP contribution in [0.15, 0.2) is 48.8 Å². The van der Waals surface area contributed by atoms with E-state index in [2.05, 4.69) is 27.5 Å². The van der Waals surface area contributed by atoms with E-state index < -0.39 is 0 Å². The third-order valence-electron chi connectivity index (χ3n) is 2.72.